The van der Waals surface area contributed by atoms with Crippen molar-refractivity contribution in [3.63, 3.8) is 0 Å². The maximum atomic E-state index is 6.04. The molecule has 105 heavy (non-hydrogen) atoms. The van der Waals surface area contributed by atoms with Gasteiger partial charge in [0.25, 0.3) is 0 Å². The minimum atomic E-state index is 0.543. The molecule has 6 aromatic heterocycles. The van der Waals surface area contributed by atoms with Gasteiger partial charge in [0, 0.05) is 83.9 Å². The van der Waals surface area contributed by atoms with Crippen molar-refractivity contribution in [3.8, 4) is 129 Å². The highest BCUT2D eigenvalue weighted by atomic mass is 15.1. The van der Waals surface area contributed by atoms with Crippen LogP contribution < -0.4 is 0 Å². The number of nitrogens with zero attached hydrogens (tertiary/aromatic N) is 8. The maximum Gasteiger partial charge on any atom is 0.164 e. The zero-order valence-corrected chi connectivity index (χ0v) is 56.9. The van der Waals surface area contributed by atoms with Crippen LogP contribution >= 0.6 is 0 Å². The molecule has 0 aliphatic carbocycles. The van der Waals surface area contributed by atoms with Crippen molar-refractivity contribution in [2.45, 2.75) is 0 Å². The van der Waals surface area contributed by atoms with Gasteiger partial charge in [0.1, 0.15) is 5.82 Å². The summed E-state index contributed by atoms with van der Waals surface area (Å²) in [6, 6.07) is 130. The lowest BCUT2D eigenvalue weighted by molar-refractivity contribution is 1.07. The summed E-state index contributed by atoms with van der Waals surface area (Å²) < 4.78 is 7.13. The van der Waals surface area contributed by atoms with Crippen LogP contribution in [0.15, 0.2) is 376 Å². The van der Waals surface area contributed by atoms with Gasteiger partial charge in [-0.1, -0.05) is 273 Å². The zero-order valence-electron chi connectivity index (χ0n) is 56.9. The summed E-state index contributed by atoms with van der Waals surface area (Å²) in [4.78, 5) is 26.7. The predicted octanol–water partition coefficient (Wildman–Crippen LogP) is 24.6. The van der Waals surface area contributed by atoms with Crippen molar-refractivity contribution >= 4 is 65.4 Å². The van der Waals surface area contributed by atoms with Crippen molar-refractivity contribution < 1.29 is 0 Å². The highest BCUT2D eigenvalue weighted by molar-refractivity contribution is 6.14. The third-order valence-corrected chi connectivity index (χ3v) is 20.6. The van der Waals surface area contributed by atoms with Crippen LogP contribution in [-0.4, -0.2) is 38.6 Å². The van der Waals surface area contributed by atoms with Gasteiger partial charge in [-0.05, 0) is 152 Å². The van der Waals surface area contributed by atoms with E-state index in [1.54, 1.807) is 0 Å². The van der Waals surface area contributed by atoms with E-state index in [0.29, 0.717) is 17.5 Å². The van der Waals surface area contributed by atoms with Gasteiger partial charge in [0.2, 0.25) is 0 Å². The topological polar surface area (TPSA) is 79.2 Å². The lowest BCUT2D eigenvalue weighted by Crippen LogP contribution is -2.05. The molecule has 20 aromatic rings. The van der Waals surface area contributed by atoms with Crippen molar-refractivity contribution in [1.82, 2.24) is 38.6 Å². The molecule has 0 aliphatic heterocycles. The van der Waals surface area contributed by atoms with Gasteiger partial charge in [-0.25, -0.2) is 19.9 Å². The maximum absolute atomic E-state index is 6.04. The van der Waals surface area contributed by atoms with Gasteiger partial charge in [0.05, 0.1) is 38.8 Å². The molecule has 0 bridgehead atoms. The van der Waals surface area contributed by atoms with Gasteiger partial charge in [-0.15, -0.1) is 0 Å². The number of hydrogen-bond acceptors (Lipinski definition) is 5. The summed E-state index contributed by atoms with van der Waals surface area (Å²) in [5.41, 5.74) is 26.0. The molecule has 0 saturated carbocycles. The number of hydrogen-bond donors (Lipinski definition) is 0. The van der Waals surface area contributed by atoms with Crippen LogP contribution in [0, 0.1) is 0 Å². The molecule has 0 amide bonds. The molecule has 0 fully saturated rings. The van der Waals surface area contributed by atoms with Crippen LogP contribution in [0.25, 0.3) is 195 Å². The highest BCUT2D eigenvalue weighted by Crippen LogP contribution is 2.47. The number of aromatic nitrogens is 8. The minimum absolute atomic E-state index is 0.543. The van der Waals surface area contributed by atoms with E-state index in [1.807, 2.05) is 48.8 Å². The summed E-state index contributed by atoms with van der Waals surface area (Å²) in [6.07, 6.45) is 3.84. The van der Waals surface area contributed by atoms with Crippen molar-refractivity contribution in [2.24, 2.45) is 0 Å². The van der Waals surface area contributed by atoms with Crippen molar-refractivity contribution in [3.05, 3.63) is 376 Å². The first-order chi connectivity index (χ1) is 52.1. The van der Waals surface area contributed by atoms with E-state index in [1.165, 1.54) is 66.1 Å². The van der Waals surface area contributed by atoms with E-state index in [9.17, 15) is 0 Å². The first-order valence-electron chi connectivity index (χ1n) is 35.5. The van der Waals surface area contributed by atoms with E-state index in [-0.39, 0.29) is 0 Å². The summed E-state index contributed by atoms with van der Waals surface area (Å²) >= 11 is 0. The molecule has 0 unspecified atom stereocenters. The van der Waals surface area contributed by atoms with Crippen LogP contribution in [0.2, 0.25) is 0 Å². The molecular formula is C97H62N8. The van der Waals surface area contributed by atoms with Crippen LogP contribution in [0.4, 0.5) is 0 Å². The van der Waals surface area contributed by atoms with Crippen molar-refractivity contribution in [2.75, 3.05) is 0 Å². The van der Waals surface area contributed by atoms with E-state index in [2.05, 4.69) is 341 Å². The second-order valence-corrected chi connectivity index (χ2v) is 26.7. The van der Waals surface area contributed by atoms with Crippen LogP contribution in [0.1, 0.15) is 0 Å². The average molecular weight is 1340 g/mol. The molecule has 8 nitrogen and oxygen atoms in total. The monoisotopic (exact) mass is 1340 g/mol. The molecule has 0 spiro atoms. The van der Waals surface area contributed by atoms with E-state index < -0.39 is 0 Å². The van der Waals surface area contributed by atoms with Crippen molar-refractivity contribution in [1.29, 1.82) is 0 Å². The summed E-state index contributed by atoms with van der Waals surface area (Å²) in [5.74, 6) is 2.44. The number of rotatable bonds is 13. The zero-order chi connectivity index (χ0) is 69.3. The Labute approximate surface area is 606 Å². The summed E-state index contributed by atoms with van der Waals surface area (Å²) in [5, 5.41) is 6.83. The van der Waals surface area contributed by atoms with Gasteiger partial charge >= 0.3 is 0 Å². The van der Waals surface area contributed by atoms with E-state index >= 15 is 0 Å². The Morgan fingerprint density at radius 3 is 1.00 bits per heavy atom. The first-order valence-corrected chi connectivity index (χ1v) is 35.5. The van der Waals surface area contributed by atoms with Gasteiger partial charge in [-0.3, -0.25) is 9.55 Å². The Kier molecular flexibility index (Phi) is 14.7. The van der Waals surface area contributed by atoms with Gasteiger partial charge in [-0.2, -0.15) is 0 Å². The summed E-state index contributed by atoms with van der Waals surface area (Å²) in [7, 11) is 0. The lowest BCUT2D eigenvalue weighted by Gasteiger charge is -2.21. The Hall–Kier alpha value is -14.2. The number of para-hydroxylation sites is 1. The SMILES string of the molecule is c1ccc(-c2ccc3c(c2)c2cc(-c4ccccc4)ccc2n3-c2ccc(-c3nc(-n4c5ccccc5c5cnccc54)cc(-c4ccccc4-c4nc(-c5ccccc5)nc(-c5ccccc5)n4)c3-c3ccc(-n4c5ccc(-c6ccccc6)cc5c5cc(-c6ccccc6)ccc54)cc3)cc2)cc1. The molecule has 14 aromatic carbocycles. The fourth-order valence-corrected chi connectivity index (χ4v) is 15.7. The standard InChI is InChI=1S/C97H62N8/c1-7-23-63(24-8-1)71-43-51-87-80(57-71)81-58-72(64-25-9-2-10-26-64)44-52-88(81)103(87)75-47-39-67(40-48-75)93-84(77-35-19-20-37-79(77)97-101-95(69-31-15-5-16-32-69)100-96(102-97)70-33-17-6-18-34-70)61-92(105-86-38-22-21-36-78(86)85-62-98-56-55-91(85)105)99-94(93)68-41-49-76(50-42-68)104-89-53-45-73(65-27-11-3-12-28-65)59-82(89)83-60-74(46-54-90(83)104)66-29-13-4-14-30-66/h1-62H. The first kappa shape index (κ1) is 60.7. The Bertz CT molecular complexity index is 6400. The molecule has 6 heterocycles. The fourth-order valence-electron chi connectivity index (χ4n) is 15.7. The highest BCUT2D eigenvalue weighted by Gasteiger charge is 2.26. The van der Waals surface area contributed by atoms with E-state index in [0.717, 1.165) is 111 Å². The molecule has 8 heteroatoms. The Balaban J connectivity index is 0.835. The van der Waals surface area contributed by atoms with Gasteiger partial charge < -0.3 is 9.13 Å². The smallest absolute Gasteiger partial charge is 0.164 e. The molecule has 20 rings (SSSR count). The third kappa shape index (κ3) is 10.7. The third-order valence-electron chi connectivity index (χ3n) is 20.6. The van der Waals surface area contributed by atoms with E-state index in [4.69, 9.17) is 24.9 Å². The molecular weight excluding hydrogens is 1280 g/mol. The number of fused-ring (bicyclic) bond motifs is 9. The predicted molar refractivity (Wildman–Crippen MR) is 433 cm³/mol. The molecule has 490 valence electrons. The molecule has 0 atom stereocenters. The quantitative estimate of drug-likeness (QED) is 0.115. The Morgan fingerprint density at radius 2 is 0.552 bits per heavy atom. The van der Waals surface area contributed by atoms with Crippen LogP contribution in [-0.2, 0) is 0 Å². The Morgan fingerprint density at radius 1 is 0.200 bits per heavy atom. The summed E-state index contributed by atoms with van der Waals surface area (Å²) in [6.45, 7) is 0. The molecule has 0 aliphatic rings. The van der Waals surface area contributed by atoms with Crippen LogP contribution in [0.3, 0.4) is 0 Å². The molecule has 0 radical (unpaired) electrons. The second-order valence-electron chi connectivity index (χ2n) is 26.7. The van der Waals surface area contributed by atoms with Crippen LogP contribution in [0.5, 0.6) is 0 Å². The minimum Gasteiger partial charge on any atom is -0.309 e. The molecule has 0 saturated heterocycles. The van der Waals surface area contributed by atoms with Gasteiger partial charge in [0.15, 0.2) is 17.5 Å². The molecule has 0 N–H and O–H groups in total. The fraction of sp³-hybridized carbons (Fsp3) is 0. The second kappa shape index (κ2) is 25.4. The number of pyridine rings is 2. The lowest BCUT2D eigenvalue weighted by atomic mass is 9.88. The largest absolute Gasteiger partial charge is 0.309 e. The normalized spacial score (nSPS) is 11.6. The average Bonchev–Trinajstić information content (AvgIpc) is 1.64. The number of benzene rings is 14.